The molecule has 0 bridgehead atoms. The first-order valence-corrected chi connectivity index (χ1v) is 1.66. The molecule has 0 saturated heterocycles. The van der Waals surface area contributed by atoms with E-state index in [1.165, 1.54) is 14.1 Å². The Morgan fingerprint density at radius 3 is 1.88 bits per heavy atom. The molecule has 0 aliphatic rings. The van der Waals surface area contributed by atoms with Crippen LogP contribution in [-0.4, -0.2) is 24.4 Å². The van der Waals surface area contributed by atoms with Gasteiger partial charge in [-0.05, 0) is 0 Å². The summed E-state index contributed by atoms with van der Waals surface area (Å²) in [7, 11) is 2.85. The molecule has 0 rings (SSSR count). The third-order valence-electron chi connectivity index (χ3n) is 0.412. The second kappa shape index (κ2) is 5.46. The molecule has 8 heavy (non-hydrogen) atoms. The van der Waals surface area contributed by atoms with Crippen LogP contribution in [0.2, 0.25) is 0 Å². The summed E-state index contributed by atoms with van der Waals surface area (Å²) in [6.45, 7) is 0. The molecule has 6 heteroatoms. The molecule has 5 nitrogen and oxygen atoms in total. The van der Waals surface area contributed by atoms with Crippen LogP contribution in [0.5, 0.6) is 0 Å². The van der Waals surface area contributed by atoms with Crippen LogP contribution < -0.4 is 29.6 Å². The van der Waals surface area contributed by atoms with Gasteiger partial charge >= 0.3 is 29.6 Å². The van der Waals surface area contributed by atoms with Gasteiger partial charge in [0.05, 0.1) is 5.29 Å². The molecule has 42 valence electrons. The Hall–Kier alpha value is 0.320. The molecule has 0 aliphatic heterocycles. The Bertz CT molecular complexity index is 68.3. The summed E-state index contributed by atoms with van der Waals surface area (Å²) in [5, 5.41) is 12.9. The van der Waals surface area contributed by atoms with Gasteiger partial charge in [0.2, 0.25) is 0 Å². The number of hydrogen-bond donors (Lipinski definition) is 0. The Morgan fingerprint density at radius 1 is 1.50 bits per heavy atom. The van der Waals surface area contributed by atoms with Crippen LogP contribution in [0.15, 0.2) is 5.29 Å². The van der Waals surface area contributed by atoms with Gasteiger partial charge in [-0.1, -0.05) is 0 Å². The zero-order valence-corrected chi connectivity index (χ0v) is 7.16. The second-order valence-corrected chi connectivity index (χ2v) is 1.18. The first-order chi connectivity index (χ1) is 3.18. The smallest absolute Gasteiger partial charge is 0.724 e. The Kier molecular flexibility index (Phi) is 7.61. The van der Waals surface area contributed by atoms with Crippen LogP contribution in [0.4, 0.5) is 0 Å². The van der Waals surface area contributed by atoms with Crippen molar-refractivity contribution in [1.82, 2.24) is 10.3 Å². The largest absolute Gasteiger partial charge is 1.00 e. The SMILES string of the molecule is CN(C)N([O-])N=O.[Na+]. The normalized spacial score (nSPS) is 8.00. The maximum Gasteiger partial charge on any atom is 1.00 e. The maximum absolute atomic E-state index is 9.88. The summed E-state index contributed by atoms with van der Waals surface area (Å²) < 4.78 is 0. The van der Waals surface area contributed by atoms with Crippen molar-refractivity contribution < 1.29 is 29.6 Å². The van der Waals surface area contributed by atoms with Gasteiger partial charge in [0.25, 0.3) is 0 Å². The van der Waals surface area contributed by atoms with Crippen molar-refractivity contribution in [3.63, 3.8) is 0 Å². The Morgan fingerprint density at radius 2 is 1.88 bits per heavy atom. The quantitative estimate of drug-likeness (QED) is 0.224. The molecule has 0 spiro atoms. The van der Waals surface area contributed by atoms with Crippen LogP contribution in [0.1, 0.15) is 0 Å². The molecule has 0 fully saturated rings. The molecule has 0 aromatic carbocycles. The summed E-state index contributed by atoms with van der Waals surface area (Å²) >= 11 is 0. The van der Waals surface area contributed by atoms with Crippen LogP contribution >= 0.6 is 0 Å². The van der Waals surface area contributed by atoms with Crippen molar-refractivity contribution in [2.45, 2.75) is 0 Å². The van der Waals surface area contributed by atoms with Crippen LogP contribution in [-0.2, 0) is 0 Å². The van der Waals surface area contributed by atoms with E-state index in [0.29, 0.717) is 0 Å². The van der Waals surface area contributed by atoms with Crippen LogP contribution in [0, 0.1) is 10.1 Å². The van der Waals surface area contributed by atoms with E-state index in [1.54, 1.807) is 0 Å². The molecule has 0 radical (unpaired) electrons. The van der Waals surface area contributed by atoms with Crippen molar-refractivity contribution in [3.8, 4) is 0 Å². The third-order valence-corrected chi connectivity index (χ3v) is 0.412. The minimum Gasteiger partial charge on any atom is -0.724 e. The zero-order chi connectivity index (χ0) is 5.86. The van der Waals surface area contributed by atoms with Crippen molar-refractivity contribution in [2.24, 2.45) is 5.29 Å². The Labute approximate surface area is 69.4 Å². The number of nitrogens with zero attached hydrogens (tertiary/aromatic N) is 3. The topological polar surface area (TPSA) is 59.0 Å². The summed E-state index contributed by atoms with van der Waals surface area (Å²) in [6.07, 6.45) is 0. The molecule has 0 aromatic rings. The minimum absolute atomic E-state index is 0. The van der Waals surface area contributed by atoms with E-state index in [1.807, 2.05) is 5.29 Å². The van der Waals surface area contributed by atoms with Crippen molar-refractivity contribution in [2.75, 3.05) is 14.1 Å². The maximum atomic E-state index is 9.88. The van der Waals surface area contributed by atoms with E-state index >= 15 is 0 Å². The molecule has 0 N–H and O–H groups in total. The van der Waals surface area contributed by atoms with E-state index < -0.39 is 0 Å². The Balaban J connectivity index is 0. The molecule has 0 saturated carbocycles. The first kappa shape index (κ1) is 11.2. The summed E-state index contributed by atoms with van der Waals surface area (Å²) in [5.74, 6) is 0. The number of hydrogen-bond acceptors (Lipinski definition) is 4. The fraction of sp³-hybridized carbons (Fsp3) is 1.00. The average Bonchev–Trinajstić information content (AvgIpc) is 1.65. The van der Waals surface area contributed by atoms with E-state index in [0.717, 1.165) is 5.01 Å². The fourth-order valence-electron chi connectivity index (χ4n) is 0.0730. The van der Waals surface area contributed by atoms with Crippen LogP contribution in [0.25, 0.3) is 0 Å². The van der Waals surface area contributed by atoms with Gasteiger partial charge in [0.15, 0.2) is 0 Å². The van der Waals surface area contributed by atoms with Crippen molar-refractivity contribution in [3.05, 3.63) is 10.1 Å². The molecule has 0 atom stereocenters. The second-order valence-electron chi connectivity index (χ2n) is 1.18. The van der Waals surface area contributed by atoms with E-state index in [2.05, 4.69) is 0 Å². The van der Waals surface area contributed by atoms with Gasteiger partial charge in [-0.3, -0.25) is 5.28 Å². The third kappa shape index (κ3) is 4.48. The first-order valence-electron chi connectivity index (χ1n) is 1.66. The number of rotatable bonds is 2. The van der Waals surface area contributed by atoms with E-state index in [4.69, 9.17) is 0 Å². The predicted molar refractivity (Wildman–Crippen MR) is 24.7 cm³/mol. The monoisotopic (exact) mass is 127 g/mol. The molecule has 0 amide bonds. The molecule has 0 aliphatic carbocycles. The van der Waals surface area contributed by atoms with Gasteiger partial charge in [0, 0.05) is 14.1 Å². The molecular formula is C2H6N3NaO2. The zero-order valence-electron chi connectivity index (χ0n) is 5.16. The number of nitroso groups, excluding NO2 is 1. The van der Waals surface area contributed by atoms with Crippen molar-refractivity contribution in [1.29, 1.82) is 0 Å². The van der Waals surface area contributed by atoms with Gasteiger partial charge in [-0.15, -0.1) is 4.91 Å². The molecule has 0 aromatic heterocycles. The predicted octanol–water partition coefficient (Wildman–Crippen LogP) is -3.05. The van der Waals surface area contributed by atoms with Gasteiger partial charge in [-0.25, -0.2) is 5.01 Å². The molecule has 0 heterocycles. The van der Waals surface area contributed by atoms with E-state index in [-0.39, 0.29) is 34.8 Å². The van der Waals surface area contributed by atoms with Gasteiger partial charge in [0.1, 0.15) is 0 Å². The number of hydrazine groups is 1. The average molecular weight is 127 g/mol. The standard InChI is InChI=1S/C2H6N3O2.Na/c1-4(2)5(7)3-6;/h1-2H3;/q-1;+1. The van der Waals surface area contributed by atoms with Crippen LogP contribution in [0.3, 0.4) is 0 Å². The van der Waals surface area contributed by atoms with E-state index in [9.17, 15) is 10.1 Å². The summed E-state index contributed by atoms with van der Waals surface area (Å²) in [4.78, 5) is 9.27. The van der Waals surface area contributed by atoms with Gasteiger partial charge in [-0.2, -0.15) is 0 Å². The summed E-state index contributed by atoms with van der Waals surface area (Å²) in [5.41, 5.74) is 0. The van der Waals surface area contributed by atoms with Crippen molar-refractivity contribution >= 4 is 0 Å². The minimum atomic E-state index is -0.0556. The fourth-order valence-corrected chi connectivity index (χ4v) is 0.0730. The summed E-state index contributed by atoms with van der Waals surface area (Å²) in [6, 6.07) is 0. The molecular weight excluding hydrogens is 121 g/mol. The van der Waals surface area contributed by atoms with Gasteiger partial charge < -0.3 is 5.21 Å². The molecule has 0 unspecified atom stereocenters.